The Morgan fingerprint density at radius 3 is 2.12 bits per heavy atom. The van der Waals surface area contributed by atoms with E-state index in [9.17, 15) is 4.79 Å². The zero-order chi connectivity index (χ0) is 19.1. The molecule has 0 rings (SSSR count). The topological polar surface area (TPSA) is 44.8 Å². The van der Waals surface area contributed by atoms with Crippen molar-refractivity contribution in [2.24, 2.45) is 5.92 Å². The maximum Gasteiger partial charge on any atom is 0.337 e. The number of carbonyl (C=O) groups is 1. The van der Waals surface area contributed by atoms with Gasteiger partial charge in [0.25, 0.3) is 0 Å². The quantitative estimate of drug-likeness (QED) is 0.269. The summed E-state index contributed by atoms with van der Waals surface area (Å²) < 4.78 is 16.3. The van der Waals surface area contributed by atoms with Crippen molar-refractivity contribution in [3.05, 3.63) is 0 Å². The summed E-state index contributed by atoms with van der Waals surface area (Å²) >= 11 is 0. The summed E-state index contributed by atoms with van der Waals surface area (Å²) in [5.41, 5.74) is -0.885. The van der Waals surface area contributed by atoms with Gasteiger partial charge in [-0.1, -0.05) is 58.8 Å². The van der Waals surface area contributed by atoms with E-state index in [-0.39, 0.29) is 18.7 Å². The SMILES string of the molecule is CCCCCCC(C)CCCCOC(C)(C)C(=O)OCCOC(C)C. The van der Waals surface area contributed by atoms with Crippen LogP contribution in [0.25, 0.3) is 0 Å². The molecule has 0 radical (unpaired) electrons. The third-order valence-electron chi connectivity index (χ3n) is 4.36. The van der Waals surface area contributed by atoms with Gasteiger partial charge in [-0.2, -0.15) is 0 Å². The smallest absolute Gasteiger partial charge is 0.337 e. The summed E-state index contributed by atoms with van der Waals surface area (Å²) in [7, 11) is 0. The third-order valence-corrected chi connectivity index (χ3v) is 4.36. The van der Waals surface area contributed by atoms with E-state index < -0.39 is 5.60 Å². The van der Waals surface area contributed by atoms with Gasteiger partial charge in [0.2, 0.25) is 0 Å². The first-order chi connectivity index (χ1) is 11.8. The minimum absolute atomic E-state index is 0.150. The highest BCUT2D eigenvalue weighted by atomic mass is 16.6. The molecule has 0 bridgehead atoms. The van der Waals surface area contributed by atoms with Crippen LogP contribution in [0.2, 0.25) is 0 Å². The Hall–Kier alpha value is -0.610. The lowest BCUT2D eigenvalue weighted by molar-refractivity contribution is -0.170. The molecule has 1 unspecified atom stereocenters. The minimum atomic E-state index is -0.885. The number of unbranched alkanes of at least 4 members (excludes halogenated alkanes) is 4. The molecular formula is C21H42O4. The van der Waals surface area contributed by atoms with Gasteiger partial charge in [0.1, 0.15) is 6.61 Å². The Morgan fingerprint density at radius 2 is 1.52 bits per heavy atom. The summed E-state index contributed by atoms with van der Waals surface area (Å²) in [6, 6.07) is 0. The van der Waals surface area contributed by atoms with E-state index in [0.29, 0.717) is 13.2 Å². The number of ether oxygens (including phenoxy) is 3. The van der Waals surface area contributed by atoms with E-state index in [4.69, 9.17) is 14.2 Å². The largest absolute Gasteiger partial charge is 0.461 e. The van der Waals surface area contributed by atoms with Gasteiger partial charge in [-0.3, -0.25) is 0 Å². The second-order valence-corrected chi connectivity index (χ2v) is 7.86. The number of hydrogen-bond acceptors (Lipinski definition) is 4. The average molecular weight is 359 g/mol. The predicted molar refractivity (Wildman–Crippen MR) is 104 cm³/mol. The van der Waals surface area contributed by atoms with E-state index in [1.807, 2.05) is 13.8 Å². The Labute approximate surface area is 156 Å². The van der Waals surface area contributed by atoms with Crippen LogP contribution in [-0.4, -0.2) is 37.5 Å². The Bertz CT molecular complexity index is 326. The molecule has 0 heterocycles. The van der Waals surface area contributed by atoms with Gasteiger partial charge in [-0.25, -0.2) is 4.79 Å². The molecule has 0 aliphatic heterocycles. The molecule has 0 aromatic rings. The van der Waals surface area contributed by atoms with Crippen LogP contribution in [0.15, 0.2) is 0 Å². The van der Waals surface area contributed by atoms with Crippen LogP contribution in [-0.2, 0) is 19.0 Å². The number of rotatable bonds is 16. The molecular weight excluding hydrogens is 316 g/mol. The van der Waals surface area contributed by atoms with E-state index in [1.165, 1.54) is 38.5 Å². The number of esters is 1. The highest BCUT2D eigenvalue weighted by Crippen LogP contribution is 2.18. The lowest BCUT2D eigenvalue weighted by Crippen LogP contribution is -2.37. The van der Waals surface area contributed by atoms with Gasteiger partial charge >= 0.3 is 5.97 Å². The van der Waals surface area contributed by atoms with Crippen LogP contribution in [0.5, 0.6) is 0 Å². The van der Waals surface area contributed by atoms with Crippen molar-refractivity contribution in [2.75, 3.05) is 19.8 Å². The second-order valence-electron chi connectivity index (χ2n) is 7.86. The summed E-state index contributed by atoms with van der Waals surface area (Å²) in [6.45, 7) is 13.4. The van der Waals surface area contributed by atoms with Crippen LogP contribution >= 0.6 is 0 Å². The average Bonchev–Trinajstić information content (AvgIpc) is 2.54. The first-order valence-electron chi connectivity index (χ1n) is 10.2. The lowest BCUT2D eigenvalue weighted by atomic mass is 9.97. The fraction of sp³-hybridized carbons (Fsp3) is 0.952. The highest BCUT2D eigenvalue weighted by molar-refractivity contribution is 5.78. The first-order valence-corrected chi connectivity index (χ1v) is 10.2. The summed E-state index contributed by atoms with van der Waals surface area (Å²) in [5, 5.41) is 0. The zero-order valence-corrected chi connectivity index (χ0v) is 17.6. The molecule has 25 heavy (non-hydrogen) atoms. The van der Waals surface area contributed by atoms with Crippen LogP contribution in [0.3, 0.4) is 0 Å². The highest BCUT2D eigenvalue weighted by Gasteiger charge is 2.30. The van der Waals surface area contributed by atoms with Crippen molar-refractivity contribution < 1.29 is 19.0 Å². The van der Waals surface area contributed by atoms with Gasteiger partial charge in [-0.05, 0) is 40.0 Å². The molecule has 0 aliphatic rings. The molecule has 150 valence electrons. The fourth-order valence-electron chi connectivity index (χ4n) is 2.64. The molecule has 4 heteroatoms. The van der Waals surface area contributed by atoms with Gasteiger partial charge < -0.3 is 14.2 Å². The molecule has 0 fully saturated rings. The minimum Gasteiger partial charge on any atom is -0.461 e. The van der Waals surface area contributed by atoms with Gasteiger partial charge in [-0.15, -0.1) is 0 Å². The van der Waals surface area contributed by atoms with E-state index >= 15 is 0 Å². The molecule has 0 N–H and O–H groups in total. The molecule has 0 aromatic carbocycles. The van der Waals surface area contributed by atoms with Crippen molar-refractivity contribution in [1.29, 1.82) is 0 Å². The predicted octanol–water partition coefficient (Wildman–Crippen LogP) is 5.53. The summed E-state index contributed by atoms with van der Waals surface area (Å²) in [5.74, 6) is 0.472. The lowest BCUT2D eigenvalue weighted by Gasteiger charge is -2.23. The molecule has 0 aliphatic carbocycles. The van der Waals surface area contributed by atoms with Gasteiger partial charge in [0.15, 0.2) is 5.60 Å². The molecule has 1 atom stereocenters. The van der Waals surface area contributed by atoms with Crippen LogP contribution in [0.4, 0.5) is 0 Å². The van der Waals surface area contributed by atoms with Crippen molar-refractivity contribution in [3.63, 3.8) is 0 Å². The standard InChI is InChI=1S/C21H42O4/c1-7-8-9-10-13-19(4)14-11-12-15-25-21(5,6)20(22)24-17-16-23-18(2)3/h18-19H,7-17H2,1-6H3. The zero-order valence-electron chi connectivity index (χ0n) is 17.6. The Morgan fingerprint density at radius 1 is 0.880 bits per heavy atom. The maximum atomic E-state index is 12.1. The van der Waals surface area contributed by atoms with Crippen molar-refractivity contribution >= 4 is 5.97 Å². The van der Waals surface area contributed by atoms with Crippen molar-refractivity contribution in [1.82, 2.24) is 0 Å². The van der Waals surface area contributed by atoms with E-state index in [1.54, 1.807) is 13.8 Å². The molecule has 0 saturated heterocycles. The molecule has 0 aromatic heterocycles. The molecule has 4 nitrogen and oxygen atoms in total. The third kappa shape index (κ3) is 14.3. The molecule has 0 amide bonds. The van der Waals surface area contributed by atoms with Gasteiger partial charge in [0, 0.05) is 6.61 Å². The van der Waals surface area contributed by atoms with Crippen LogP contribution in [0, 0.1) is 5.92 Å². The maximum absolute atomic E-state index is 12.1. The molecule has 0 spiro atoms. The first kappa shape index (κ1) is 24.4. The van der Waals surface area contributed by atoms with E-state index in [0.717, 1.165) is 18.8 Å². The van der Waals surface area contributed by atoms with Crippen molar-refractivity contribution in [2.45, 2.75) is 105 Å². The monoisotopic (exact) mass is 358 g/mol. The number of carbonyl (C=O) groups excluding carboxylic acids is 1. The van der Waals surface area contributed by atoms with E-state index in [2.05, 4.69) is 13.8 Å². The van der Waals surface area contributed by atoms with Crippen LogP contribution < -0.4 is 0 Å². The summed E-state index contributed by atoms with van der Waals surface area (Å²) in [6.07, 6.45) is 10.2. The Kier molecular flexibility index (Phi) is 14.2. The second kappa shape index (κ2) is 14.5. The van der Waals surface area contributed by atoms with Crippen LogP contribution in [0.1, 0.15) is 92.9 Å². The normalized spacial score (nSPS) is 13.2. The molecule has 0 saturated carbocycles. The summed E-state index contributed by atoms with van der Waals surface area (Å²) in [4.78, 5) is 12.1. The van der Waals surface area contributed by atoms with Gasteiger partial charge in [0.05, 0.1) is 12.7 Å². The fourth-order valence-corrected chi connectivity index (χ4v) is 2.64. The Balaban J connectivity index is 3.71. The number of hydrogen-bond donors (Lipinski definition) is 0. The van der Waals surface area contributed by atoms with Crippen molar-refractivity contribution in [3.8, 4) is 0 Å².